The van der Waals surface area contributed by atoms with Gasteiger partial charge in [-0.05, 0) is 67.6 Å². The molecular formula is C23H19FN4O2S. The Hall–Kier alpha value is -3.52. The summed E-state index contributed by atoms with van der Waals surface area (Å²) in [4.78, 5) is 16.7. The first kappa shape index (κ1) is 20.7. The molecule has 2 aromatic heterocycles. The number of rotatable bonds is 8. The number of ether oxygens (including phenoxy) is 1. The van der Waals surface area contributed by atoms with E-state index in [-0.39, 0.29) is 17.4 Å². The first-order chi connectivity index (χ1) is 15.2. The van der Waals surface area contributed by atoms with E-state index in [0.717, 1.165) is 17.0 Å². The van der Waals surface area contributed by atoms with Crippen LogP contribution in [0.4, 0.5) is 4.39 Å². The number of pyridine rings is 1. The van der Waals surface area contributed by atoms with Gasteiger partial charge < -0.3 is 4.74 Å². The number of ketones is 1. The zero-order chi connectivity index (χ0) is 21.6. The molecule has 0 saturated carbocycles. The topological polar surface area (TPSA) is 69.9 Å². The fourth-order valence-electron chi connectivity index (χ4n) is 2.99. The van der Waals surface area contributed by atoms with Gasteiger partial charge >= 0.3 is 0 Å². The zero-order valence-electron chi connectivity index (χ0n) is 16.7. The molecule has 2 aromatic carbocycles. The van der Waals surface area contributed by atoms with Gasteiger partial charge in [0.25, 0.3) is 0 Å². The number of hydrogen-bond acceptors (Lipinski definition) is 6. The van der Waals surface area contributed by atoms with Gasteiger partial charge in [-0.15, -0.1) is 10.2 Å². The lowest BCUT2D eigenvalue weighted by atomic mass is 10.1. The van der Waals surface area contributed by atoms with Crippen molar-refractivity contribution >= 4 is 17.5 Å². The minimum atomic E-state index is -0.374. The van der Waals surface area contributed by atoms with Crippen LogP contribution in [0.25, 0.3) is 17.1 Å². The summed E-state index contributed by atoms with van der Waals surface area (Å²) >= 11 is 1.27. The fraction of sp³-hybridized carbons (Fsp3) is 0.130. The molecule has 0 aliphatic carbocycles. The molecule has 0 amide bonds. The number of carbonyl (C=O) groups is 1. The number of thioether (sulfide) groups is 1. The summed E-state index contributed by atoms with van der Waals surface area (Å²) in [5.74, 6) is 1.04. The van der Waals surface area contributed by atoms with Crippen LogP contribution >= 0.6 is 11.8 Å². The molecule has 31 heavy (non-hydrogen) atoms. The van der Waals surface area contributed by atoms with Gasteiger partial charge in [0.05, 0.1) is 12.4 Å². The number of nitrogens with zero attached hydrogens (tertiary/aromatic N) is 4. The third-order valence-corrected chi connectivity index (χ3v) is 5.39. The lowest BCUT2D eigenvalue weighted by Crippen LogP contribution is -2.05. The van der Waals surface area contributed by atoms with Gasteiger partial charge in [-0.2, -0.15) is 0 Å². The second-order valence-corrected chi connectivity index (χ2v) is 7.47. The molecule has 4 aromatic rings. The third kappa shape index (κ3) is 4.80. The van der Waals surface area contributed by atoms with E-state index in [2.05, 4.69) is 15.2 Å². The van der Waals surface area contributed by atoms with Gasteiger partial charge in [-0.3, -0.25) is 14.3 Å². The predicted octanol–water partition coefficient (Wildman–Crippen LogP) is 4.84. The van der Waals surface area contributed by atoms with Crippen molar-refractivity contribution in [2.75, 3.05) is 12.4 Å². The monoisotopic (exact) mass is 434 g/mol. The normalized spacial score (nSPS) is 10.8. The zero-order valence-corrected chi connectivity index (χ0v) is 17.6. The van der Waals surface area contributed by atoms with Gasteiger partial charge in [0.15, 0.2) is 16.8 Å². The van der Waals surface area contributed by atoms with Crippen molar-refractivity contribution in [3.8, 4) is 22.8 Å². The van der Waals surface area contributed by atoms with Crippen molar-refractivity contribution in [3.63, 3.8) is 0 Å². The summed E-state index contributed by atoms with van der Waals surface area (Å²) in [6.45, 7) is 2.51. The van der Waals surface area contributed by atoms with Crippen molar-refractivity contribution in [3.05, 3.63) is 84.4 Å². The number of Topliss-reactive ketones (excluding diaryl/α,β-unsaturated/α-hetero) is 1. The molecule has 0 spiro atoms. The van der Waals surface area contributed by atoms with Crippen LogP contribution in [0, 0.1) is 5.82 Å². The van der Waals surface area contributed by atoms with Crippen LogP contribution < -0.4 is 4.74 Å². The molecule has 0 aliphatic heterocycles. The Labute approximate surface area is 183 Å². The summed E-state index contributed by atoms with van der Waals surface area (Å²) < 4.78 is 20.5. The maximum atomic E-state index is 13.1. The maximum absolute atomic E-state index is 13.1. The van der Waals surface area contributed by atoms with E-state index in [4.69, 9.17) is 4.74 Å². The minimum Gasteiger partial charge on any atom is -0.494 e. The first-order valence-corrected chi connectivity index (χ1v) is 10.6. The summed E-state index contributed by atoms with van der Waals surface area (Å²) in [6.07, 6.45) is 3.41. The molecule has 0 bridgehead atoms. The second-order valence-electron chi connectivity index (χ2n) is 6.53. The number of benzene rings is 2. The van der Waals surface area contributed by atoms with Crippen LogP contribution in [0.15, 0.2) is 78.2 Å². The van der Waals surface area contributed by atoms with Crippen LogP contribution in [0.3, 0.4) is 0 Å². The molecule has 4 rings (SSSR count). The quantitative estimate of drug-likeness (QED) is 0.292. The molecule has 0 aliphatic rings. The fourth-order valence-corrected chi connectivity index (χ4v) is 3.83. The van der Waals surface area contributed by atoms with E-state index in [1.54, 1.807) is 12.4 Å². The van der Waals surface area contributed by atoms with Crippen LogP contribution in [0.2, 0.25) is 0 Å². The number of halogens is 1. The molecule has 0 radical (unpaired) electrons. The molecule has 0 saturated heterocycles. The van der Waals surface area contributed by atoms with Crippen LogP contribution in [-0.2, 0) is 0 Å². The maximum Gasteiger partial charge on any atom is 0.196 e. The average molecular weight is 434 g/mol. The smallest absolute Gasteiger partial charge is 0.196 e. The van der Waals surface area contributed by atoms with Crippen molar-refractivity contribution < 1.29 is 13.9 Å². The Bertz CT molecular complexity index is 1160. The lowest BCUT2D eigenvalue weighted by molar-refractivity contribution is 0.102. The Morgan fingerprint density at radius 3 is 2.52 bits per heavy atom. The van der Waals surface area contributed by atoms with E-state index in [1.165, 1.54) is 36.0 Å². The molecule has 8 heteroatoms. The van der Waals surface area contributed by atoms with E-state index in [1.807, 2.05) is 47.9 Å². The van der Waals surface area contributed by atoms with Crippen LogP contribution in [0.1, 0.15) is 17.3 Å². The van der Waals surface area contributed by atoms with Crippen molar-refractivity contribution in [2.24, 2.45) is 0 Å². The highest BCUT2D eigenvalue weighted by Crippen LogP contribution is 2.29. The Morgan fingerprint density at radius 2 is 1.84 bits per heavy atom. The minimum absolute atomic E-state index is 0.117. The second kappa shape index (κ2) is 9.53. The molecule has 156 valence electrons. The summed E-state index contributed by atoms with van der Waals surface area (Å²) in [7, 11) is 0. The highest BCUT2D eigenvalue weighted by Gasteiger charge is 2.18. The van der Waals surface area contributed by atoms with E-state index >= 15 is 0 Å². The summed E-state index contributed by atoms with van der Waals surface area (Å²) in [5.41, 5.74) is 2.10. The van der Waals surface area contributed by atoms with Gasteiger partial charge in [-0.25, -0.2) is 4.39 Å². The predicted molar refractivity (Wildman–Crippen MR) is 117 cm³/mol. The van der Waals surface area contributed by atoms with Gasteiger partial charge in [0, 0.05) is 29.2 Å². The van der Waals surface area contributed by atoms with Crippen molar-refractivity contribution in [2.45, 2.75) is 12.1 Å². The first-order valence-electron chi connectivity index (χ1n) is 9.66. The van der Waals surface area contributed by atoms with Crippen molar-refractivity contribution in [1.82, 2.24) is 19.7 Å². The average Bonchev–Trinajstić information content (AvgIpc) is 3.23. The van der Waals surface area contributed by atoms with E-state index in [0.29, 0.717) is 23.2 Å². The molecule has 0 atom stereocenters. The molecule has 0 unspecified atom stereocenters. The largest absolute Gasteiger partial charge is 0.494 e. The Kier molecular flexibility index (Phi) is 6.37. The van der Waals surface area contributed by atoms with Gasteiger partial charge in [0.1, 0.15) is 11.6 Å². The molecule has 6 nitrogen and oxygen atoms in total. The number of carbonyl (C=O) groups excluding carboxylic acids is 1. The highest BCUT2D eigenvalue weighted by molar-refractivity contribution is 7.99. The molecule has 0 N–H and O–H groups in total. The SMILES string of the molecule is CCOc1ccc(-n2c(SCC(=O)c3ccc(F)cc3)nnc2-c2cccnc2)cc1. The summed E-state index contributed by atoms with van der Waals surface area (Å²) in [5, 5.41) is 9.22. The van der Waals surface area contributed by atoms with Crippen LogP contribution in [0.5, 0.6) is 5.75 Å². The van der Waals surface area contributed by atoms with Crippen LogP contribution in [-0.4, -0.2) is 37.9 Å². The molecule has 0 fully saturated rings. The summed E-state index contributed by atoms with van der Waals surface area (Å²) in [6, 6.07) is 16.8. The van der Waals surface area contributed by atoms with Crippen molar-refractivity contribution in [1.29, 1.82) is 0 Å². The van der Waals surface area contributed by atoms with Gasteiger partial charge in [0.2, 0.25) is 0 Å². The van der Waals surface area contributed by atoms with E-state index < -0.39 is 0 Å². The molecule has 2 heterocycles. The number of hydrogen-bond donors (Lipinski definition) is 0. The highest BCUT2D eigenvalue weighted by atomic mass is 32.2. The molecular weight excluding hydrogens is 415 g/mol. The van der Waals surface area contributed by atoms with Gasteiger partial charge in [-0.1, -0.05) is 11.8 Å². The Morgan fingerprint density at radius 1 is 1.06 bits per heavy atom. The number of aromatic nitrogens is 4. The standard InChI is InChI=1S/C23H19FN4O2S/c1-2-30-20-11-9-19(10-12-20)28-22(17-4-3-13-25-14-17)26-27-23(28)31-15-21(29)16-5-7-18(24)8-6-16/h3-14H,2,15H2,1H3. The Balaban J connectivity index is 1.65. The third-order valence-electron chi connectivity index (χ3n) is 4.46. The van der Waals surface area contributed by atoms with E-state index in [9.17, 15) is 9.18 Å². The lowest BCUT2D eigenvalue weighted by Gasteiger charge is -2.11.